The lowest BCUT2D eigenvalue weighted by Crippen LogP contribution is -2.33. The Kier molecular flexibility index (Phi) is 21.2. The molecule has 0 bridgehead atoms. The zero-order chi connectivity index (χ0) is 66.6. The van der Waals surface area contributed by atoms with E-state index in [1.54, 1.807) is 0 Å². The van der Waals surface area contributed by atoms with E-state index in [9.17, 15) is 10.5 Å². The molecule has 1 radical (unpaired) electrons. The number of aryl methyl sites for hydroxylation is 1. The summed E-state index contributed by atoms with van der Waals surface area (Å²) in [7, 11) is 4.10. The van der Waals surface area contributed by atoms with Crippen LogP contribution in [0.4, 0.5) is 0 Å². The highest BCUT2D eigenvalue weighted by Gasteiger charge is 2.36. The third-order valence-electron chi connectivity index (χ3n) is 18.5. The van der Waals surface area contributed by atoms with Gasteiger partial charge in [0.15, 0.2) is 5.58 Å². The van der Waals surface area contributed by atoms with Crippen molar-refractivity contribution in [1.29, 1.82) is 10.5 Å². The van der Waals surface area contributed by atoms with E-state index in [4.69, 9.17) is 28.6 Å². The molecule has 7 aromatic rings. The highest BCUT2D eigenvalue weighted by Crippen LogP contribution is 2.41. The Labute approximate surface area is 551 Å². The van der Waals surface area contributed by atoms with Crippen molar-refractivity contribution < 1.29 is 18.6 Å². The fourth-order valence-electron chi connectivity index (χ4n) is 14.9. The molecule has 9 rings (SSSR count). The third-order valence-corrected chi connectivity index (χ3v) is 18.5. The molecule has 3 aromatic heterocycles. The number of allylic oxidation sites excluding steroid dienone is 2. The van der Waals surface area contributed by atoms with Crippen molar-refractivity contribution in [2.75, 3.05) is 13.2 Å². The van der Waals surface area contributed by atoms with Crippen molar-refractivity contribution in [3.05, 3.63) is 143 Å². The summed E-state index contributed by atoms with van der Waals surface area (Å²) in [6.45, 7) is 42.9. The summed E-state index contributed by atoms with van der Waals surface area (Å²) < 4.78 is 31.9. The number of oxazole rings is 1. The Morgan fingerprint density at radius 2 is 1.15 bits per heavy atom. The number of nitriles is 2. The van der Waals surface area contributed by atoms with Gasteiger partial charge in [-0.3, -0.25) is 0 Å². The minimum absolute atomic E-state index is 0.159. The zero-order valence-corrected chi connectivity index (χ0v) is 59.1. The second kappa shape index (κ2) is 28.4. The van der Waals surface area contributed by atoms with Gasteiger partial charge in [-0.05, 0) is 158 Å². The molecule has 4 heterocycles. The molecule has 485 valence electrons. The largest absolute Gasteiger partial charge is 0.493 e. The summed E-state index contributed by atoms with van der Waals surface area (Å²) in [6, 6.07) is 37.8. The molecule has 8 unspecified atom stereocenters. The maximum absolute atomic E-state index is 12.0. The molecule has 0 saturated carbocycles. The maximum Gasteiger partial charge on any atom is 0.291 e. The van der Waals surface area contributed by atoms with E-state index < -0.39 is 0 Å². The van der Waals surface area contributed by atoms with Crippen LogP contribution in [-0.4, -0.2) is 52.7 Å². The van der Waals surface area contributed by atoms with E-state index in [0.29, 0.717) is 75.9 Å². The number of aliphatic imine (C=N–C) groups is 1. The van der Waals surface area contributed by atoms with Crippen molar-refractivity contribution in [2.24, 2.45) is 69.2 Å². The van der Waals surface area contributed by atoms with Crippen molar-refractivity contribution in [1.82, 2.24) is 14.0 Å². The van der Waals surface area contributed by atoms with Gasteiger partial charge in [0.05, 0.1) is 29.6 Å². The van der Waals surface area contributed by atoms with Gasteiger partial charge in [0.2, 0.25) is 11.8 Å². The molecule has 4 aromatic carbocycles. The molecule has 92 heavy (non-hydrogen) atoms. The van der Waals surface area contributed by atoms with E-state index in [1.807, 2.05) is 62.5 Å². The van der Waals surface area contributed by atoms with Crippen LogP contribution in [0.3, 0.4) is 0 Å². The van der Waals surface area contributed by atoms with Crippen LogP contribution < -0.4 is 25.6 Å². The van der Waals surface area contributed by atoms with Gasteiger partial charge in [0.1, 0.15) is 52.4 Å². The lowest BCUT2D eigenvalue weighted by molar-refractivity contribution is 0.147. The number of hydrogen-bond acceptors (Lipinski definition) is 8. The van der Waals surface area contributed by atoms with E-state index in [0.717, 1.165) is 94.5 Å². The standard InChI is InChI=1S/C81H104BN6O4/c1-51-33-37-68-66(39-51)85-76(91-68)64(47-83)74-71-70(72(87(74)19)57-25-23-29-62(41-57)89-49-59(55(5)45-80(13,14)15)35-31-53(3)43-78(7,8)9)75(65(48-84)77-86-67-40-52(2)34-38-69(67)92-77)88(82-61-27-21-20-22-28-61)73(71)58-26-24-30-63(42-58)90-50-60(56(6)46-81(16,17)18)36-32-54(4)44-79(10,11)12/h20-30,33-34,37-42,53-56,59-60,66,68H,31-32,35-36,43-46,49-50H2,1-19H3/b74-64-,75-65-. The fourth-order valence-corrected chi connectivity index (χ4v) is 14.9. The van der Waals surface area contributed by atoms with Gasteiger partial charge in [-0.25, -0.2) is 9.98 Å². The molecule has 0 N–H and O–H groups in total. The van der Waals surface area contributed by atoms with Gasteiger partial charge in [-0.2, -0.15) is 10.5 Å². The van der Waals surface area contributed by atoms with Gasteiger partial charge < -0.3 is 27.7 Å². The van der Waals surface area contributed by atoms with Crippen molar-refractivity contribution in [3.63, 3.8) is 0 Å². The second-order valence-corrected chi connectivity index (χ2v) is 32.4. The highest BCUT2D eigenvalue weighted by molar-refractivity contribution is 6.53. The second-order valence-electron chi connectivity index (χ2n) is 32.4. The highest BCUT2D eigenvalue weighted by atomic mass is 16.5. The third kappa shape index (κ3) is 17.2. The maximum atomic E-state index is 12.0. The van der Waals surface area contributed by atoms with Crippen LogP contribution in [0.2, 0.25) is 0 Å². The average molecular weight is 1240 g/mol. The number of fused-ring (bicyclic) bond motifs is 3. The van der Waals surface area contributed by atoms with E-state index in [-0.39, 0.29) is 56.7 Å². The van der Waals surface area contributed by atoms with Crippen molar-refractivity contribution in [2.45, 2.75) is 188 Å². The Hall–Kier alpha value is -7.50. The minimum Gasteiger partial charge on any atom is -0.493 e. The number of hydrogen-bond donors (Lipinski definition) is 0. The first kappa shape index (κ1) is 68.9. The smallest absolute Gasteiger partial charge is 0.291 e. The number of nitrogens with zero attached hydrogens (tertiary/aromatic N) is 6. The number of benzene rings is 4. The van der Waals surface area contributed by atoms with E-state index in [2.05, 4.69) is 213 Å². The Balaban J connectivity index is 1.32. The molecular formula is C81H104BN6O4. The van der Waals surface area contributed by atoms with Crippen LogP contribution in [-0.2, 0) is 11.8 Å². The first-order valence-electron chi connectivity index (χ1n) is 34.0. The number of rotatable bonds is 24. The monoisotopic (exact) mass is 1240 g/mol. The summed E-state index contributed by atoms with van der Waals surface area (Å²) in [5.41, 5.74) is 8.67. The Morgan fingerprint density at radius 1 is 0.620 bits per heavy atom. The van der Waals surface area contributed by atoms with Crippen LogP contribution in [0.5, 0.6) is 11.5 Å². The van der Waals surface area contributed by atoms with Crippen LogP contribution in [0, 0.1) is 86.8 Å². The topological polar surface area (TPSA) is 124 Å². The summed E-state index contributed by atoms with van der Waals surface area (Å²) in [5.74, 6) is 4.58. The molecule has 10 nitrogen and oxygen atoms in total. The summed E-state index contributed by atoms with van der Waals surface area (Å²) in [6.07, 6.45) is 14.7. The van der Waals surface area contributed by atoms with Crippen molar-refractivity contribution >= 4 is 51.8 Å². The fraction of sp³-hybridized carbons (Fsp3) is 0.506. The van der Waals surface area contributed by atoms with Crippen molar-refractivity contribution in [3.8, 4) is 46.2 Å². The molecule has 0 saturated heterocycles. The molecule has 1 aliphatic heterocycles. The van der Waals surface area contributed by atoms with Crippen LogP contribution in [0.15, 0.2) is 130 Å². The number of aromatic nitrogens is 3. The number of ether oxygens (including phenoxy) is 3. The molecular weight excluding hydrogens is 1130 g/mol. The van der Waals surface area contributed by atoms with Crippen LogP contribution in [0.25, 0.3) is 55.5 Å². The first-order chi connectivity index (χ1) is 43.3. The molecule has 0 fully saturated rings. The van der Waals surface area contributed by atoms with E-state index in [1.165, 1.54) is 12.8 Å². The van der Waals surface area contributed by atoms with Crippen LogP contribution in [0.1, 0.15) is 181 Å². The molecule has 0 amide bonds. The van der Waals surface area contributed by atoms with Gasteiger partial charge >= 0.3 is 0 Å². The normalized spacial score (nSPS) is 18.0. The predicted octanol–water partition coefficient (Wildman–Crippen LogP) is 18.5. The Bertz CT molecular complexity index is 4060. The predicted molar refractivity (Wildman–Crippen MR) is 383 cm³/mol. The summed E-state index contributed by atoms with van der Waals surface area (Å²) in [4.78, 5) is 10.3. The van der Waals surface area contributed by atoms with Gasteiger partial charge in [-0.1, -0.05) is 207 Å². The molecule has 8 atom stereocenters. The summed E-state index contributed by atoms with van der Waals surface area (Å²) in [5, 5.41) is 26.5. The van der Waals surface area contributed by atoms with Gasteiger partial charge in [0, 0.05) is 34.6 Å². The molecule has 1 aliphatic carbocycles. The van der Waals surface area contributed by atoms with Crippen LogP contribution >= 0.6 is 0 Å². The Morgan fingerprint density at radius 3 is 1.68 bits per heavy atom. The lowest BCUT2D eigenvalue weighted by Gasteiger charge is -2.31. The zero-order valence-electron chi connectivity index (χ0n) is 59.1. The van der Waals surface area contributed by atoms with E-state index >= 15 is 0 Å². The minimum atomic E-state index is -0.379. The van der Waals surface area contributed by atoms with Gasteiger partial charge in [0.25, 0.3) is 7.41 Å². The quantitative estimate of drug-likeness (QED) is 0.0552. The molecule has 0 spiro atoms. The lowest BCUT2D eigenvalue weighted by atomic mass is 9.76. The van der Waals surface area contributed by atoms with Gasteiger partial charge in [-0.15, -0.1) is 0 Å². The molecule has 2 aliphatic rings. The average Bonchev–Trinajstić information content (AvgIpc) is 1.54. The first-order valence-corrected chi connectivity index (χ1v) is 34.0. The molecule has 11 heteroatoms. The SMILES string of the molecule is CC1=CC2N=C(/C(C#N)=c3/c4c(-c5cccc(OCC(CCC(C)CC(C)(C)C)C(C)CC(C)(C)C)c5)n([B]c5ccccc5)/c(=C(/C#N)c5nc6cc(C)ccc6o5)c4c(-c4cccc(OCC(CCC(C)CC(C)(C)C)C(C)CC(C)(C)C)c4)n3C)OC2C=C1. The summed E-state index contributed by atoms with van der Waals surface area (Å²) >= 11 is 0.